The van der Waals surface area contributed by atoms with Crippen LogP contribution in [0.3, 0.4) is 0 Å². The highest BCUT2D eigenvalue weighted by Gasteiger charge is 2.23. The zero-order valence-corrected chi connectivity index (χ0v) is 11.3. The van der Waals surface area contributed by atoms with E-state index in [1.54, 1.807) is 11.0 Å². The summed E-state index contributed by atoms with van der Waals surface area (Å²) in [6.07, 6.45) is 1.27. The molecule has 2 N–H and O–H groups in total. The highest BCUT2D eigenvalue weighted by atomic mass is 35.5. The molecule has 0 aromatic heterocycles. The third kappa shape index (κ3) is 3.08. The maximum atomic E-state index is 11.9. The Morgan fingerprint density at radius 1 is 1.40 bits per heavy atom. The molecule has 1 aliphatic heterocycles. The van der Waals surface area contributed by atoms with E-state index < -0.39 is 18.4 Å². The van der Waals surface area contributed by atoms with Crippen LogP contribution in [0.15, 0.2) is 18.2 Å². The van der Waals surface area contributed by atoms with Crippen LogP contribution in [0.1, 0.15) is 23.2 Å². The maximum Gasteiger partial charge on any atom is 0.322 e. The SMILES string of the molecule is O=C(O)CNC(=O)c1cc(N2CCCC2=O)ccc1Cl. The molecular formula is C13H13ClN2O4. The Labute approximate surface area is 120 Å². The molecule has 1 aromatic rings. The molecule has 0 aliphatic carbocycles. The lowest BCUT2D eigenvalue weighted by Crippen LogP contribution is -2.30. The molecule has 0 spiro atoms. The quantitative estimate of drug-likeness (QED) is 0.876. The number of nitrogens with zero attached hydrogens (tertiary/aromatic N) is 1. The summed E-state index contributed by atoms with van der Waals surface area (Å²) in [7, 11) is 0. The first kappa shape index (κ1) is 14.3. The number of carboxylic acids is 1. The van der Waals surface area contributed by atoms with Gasteiger partial charge in [0.2, 0.25) is 5.91 Å². The van der Waals surface area contributed by atoms with E-state index in [9.17, 15) is 14.4 Å². The van der Waals surface area contributed by atoms with Gasteiger partial charge >= 0.3 is 5.97 Å². The Balaban J connectivity index is 2.22. The second-order valence-corrected chi connectivity index (χ2v) is 4.80. The van der Waals surface area contributed by atoms with Crippen LogP contribution in [0.4, 0.5) is 5.69 Å². The molecule has 0 atom stereocenters. The van der Waals surface area contributed by atoms with Gasteiger partial charge in [-0.1, -0.05) is 11.6 Å². The Hall–Kier alpha value is -2.08. The summed E-state index contributed by atoms with van der Waals surface area (Å²) in [5.41, 5.74) is 0.752. The van der Waals surface area contributed by atoms with Gasteiger partial charge < -0.3 is 15.3 Å². The van der Waals surface area contributed by atoms with Crippen molar-refractivity contribution in [3.05, 3.63) is 28.8 Å². The number of hydrogen-bond acceptors (Lipinski definition) is 3. The summed E-state index contributed by atoms with van der Waals surface area (Å²) >= 11 is 5.94. The van der Waals surface area contributed by atoms with Gasteiger partial charge in [-0.2, -0.15) is 0 Å². The first-order chi connectivity index (χ1) is 9.49. The van der Waals surface area contributed by atoms with Crippen LogP contribution in [-0.2, 0) is 9.59 Å². The Kier molecular flexibility index (Phi) is 4.24. The third-order valence-corrected chi connectivity index (χ3v) is 3.31. The van der Waals surface area contributed by atoms with Gasteiger partial charge in [0, 0.05) is 18.7 Å². The summed E-state index contributed by atoms with van der Waals surface area (Å²) in [6, 6.07) is 4.69. The predicted octanol–water partition coefficient (Wildman–Crippen LogP) is 1.28. The number of anilines is 1. The van der Waals surface area contributed by atoms with Gasteiger partial charge in [-0.05, 0) is 24.6 Å². The van der Waals surface area contributed by atoms with Crippen molar-refractivity contribution in [2.24, 2.45) is 0 Å². The van der Waals surface area contributed by atoms with Crippen LogP contribution < -0.4 is 10.2 Å². The van der Waals surface area contributed by atoms with Crippen molar-refractivity contribution < 1.29 is 19.5 Å². The normalized spacial score (nSPS) is 14.4. The zero-order valence-electron chi connectivity index (χ0n) is 10.6. The standard InChI is InChI=1S/C13H13ClN2O4/c14-10-4-3-8(16-5-1-2-11(16)17)6-9(10)13(20)15-7-12(18)19/h3-4,6H,1-2,5,7H2,(H,15,20)(H,18,19). The first-order valence-electron chi connectivity index (χ1n) is 6.09. The van der Waals surface area contributed by atoms with Crippen LogP contribution >= 0.6 is 11.6 Å². The van der Waals surface area contributed by atoms with Crippen molar-refractivity contribution in [1.82, 2.24) is 5.32 Å². The molecule has 1 fully saturated rings. The Morgan fingerprint density at radius 2 is 2.15 bits per heavy atom. The summed E-state index contributed by atoms with van der Waals surface area (Å²) in [5, 5.41) is 11.0. The van der Waals surface area contributed by atoms with E-state index in [-0.39, 0.29) is 16.5 Å². The lowest BCUT2D eigenvalue weighted by atomic mass is 10.1. The maximum absolute atomic E-state index is 11.9. The summed E-state index contributed by atoms with van der Waals surface area (Å²) in [6.45, 7) is 0.124. The minimum absolute atomic E-state index is 0.00390. The van der Waals surface area contributed by atoms with Crippen LogP contribution in [0.25, 0.3) is 0 Å². The fourth-order valence-corrected chi connectivity index (χ4v) is 2.23. The van der Waals surface area contributed by atoms with E-state index in [4.69, 9.17) is 16.7 Å². The molecule has 1 heterocycles. The average molecular weight is 297 g/mol. The molecule has 106 valence electrons. The van der Waals surface area contributed by atoms with Gasteiger partial charge in [0.15, 0.2) is 0 Å². The molecule has 1 saturated heterocycles. The van der Waals surface area contributed by atoms with E-state index in [2.05, 4.69) is 5.32 Å². The molecule has 6 nitrogen and oxygen atoms in total. The molecule has 1 aliphatic rings. The second kappa shape index (κ2) is 5.92. The van der Waals surface area contributed by atoms with Gasteiger partial charge in [0.1, 0.15) is 6.54 Å². The number of benzene rings is 1. The molecule has 0 radical (unpaired) electrons. The smallest absolute Gasteiger partial charge is 0.322 e. The summed E-state index contributed by atoms with van der Waals surface area (Å²) in [5.74, 6) is -1.71. The van der Waals surface area contributed by atoms with Crippen molar-refractivity contribution in [3.63, 3.8) is 0 Å². The number of nitrogens with one attached hydrogen (secondary N) is 1. The second-order valence-electron chi connectivity index (χ2n) is 4.39. The van der Waals surface area contributed by atoms with Crippen LogP contribution in [0, 0.1) is 0 Å². The highest BCUT2D eigenvalue weighted by molar-refractivity contribution is 6.34. The monoisotopic (exact) mass is 296 g/mol. The largest absolute Gasteiger partial charge is 0.480 e. The number of aliphatic carboxylic acids is 1. The molecular weight excluding hydrogens is 284 g/mol. The van der Waals surface area contributed by atoms with E-state index in [1.165, 1.54) is 12.1 Å². The molecule has 2 rings (SSSR count). The van der Waals surface area contributed by atoms with Crippen LogP contribution in [-0.4, -0.2) is 36.0 Å². The predicted molar refractivity (Wildman–Crippen MR) is 73.0 cm³/mol. The first-order valence-corrected chi connectivity index (χ1v) is 6.47. The van der Waals surface area contributed by atoms with Crippen molar-refractivity contribution in [1.29, 1.82) is 0 Å². The number of hydrogen-bond donors (Lipinski definition) is 2. The number of carbonyl (C=O) groups is 3. The lowest BCUT2D eigenvalue weighted by molar-refractivity contribution is -0.135. The van der Waals surface area contributed by atoms with Crippen molar-refractivity contribution >= 4 is 35.1 Å². The zero-order chi connectivity index (χ0) is 14.7. The van der Waals surface area contributed by atoms with Crippen molar-refractivity contribution in [2.75, 3.05) is 18.0 Å². The molecule has 1 aromatic carbocycles. The third-order valence-electron chi connectivity index (χ3n) is 2.98. The van der Waals surface area contributed by atoms with Crippen molar-refractivity contribution in [2.45, 2.75) is 12.8 Å². The van der Waals surface area contributed by atoms with Gasteiger partial charge in [0.05, 0.1) is 10.6 Å². The number of halogens is 1. The van der Waals surface area contributed by atoms with Gasteiger partial charge in [0.25, 0.3) is 5.91 Å². The van der Waals surface area contributed by atoms with E-state index in [1.807, 2.05) is 0 Å². The number of carbonyl (C=O) groups excluding carboxylic acids is 2. The lowest BCUT2D eigenvalue weighted by Gasteiger charge is -2.17. The minimum atomic E-state index is -1.14. The van der Waals surface area contributed by atoms with E-state index in [0.717, 1.165) is 6.42 Å². The van der Waals surface area contributed by atoms with Gasteiger partial charge in [-0.3, -0.25) is 14.4 Å². The number of amides is 2. The van der Waals surface area contributed by atoms with Gasteiger partial charge in [-0.25, -0.2) is 0 Å². The number of rotatable bonds is 4. The summed E-state index contributed by atoms with van der Waals surface area (Å²) < 4.78 is 0. The Bertz CT molecular complexity index is 573. The molecule has 0 bridgehead atoms. The van der Waals surface area contributed by atoms with E-state index >= 15 is 0 Å². The summed E-state index contributed by atoms with van der Waals surface area (Å²) in [4.78, 5) is 35.6. The fourth-order valence-electron chi connectivity index (χ4n) is 2.03. The molecule has 20 heavy (non-hydrogen) atoms. The highest BCUT2D eigenvalue weighted by Crippen LogP contribution is 2.26. The Morgan fingerprint density at radius 3 is 2.75 bits per heavy atom. The fraction of sp³-hybridized carbons (Fsp3) is 0.308. The van der Waals surface area contributed by atoms with Crippen LogP contribution in [0.5, 0.6) is 0 Å². The average Bonchev–Trinajstić information content (AvgIpc) is 2.83. The molecule has 0 unspecified atom stereocenters. The molecule has 2 amide bonds. The molecule has 7 heteroatoms. The topological polar surface area (TPSA) is 86.7 Å². The minimum Gasteiger partial charge on any atom is -0.480 e. The number of carboxylic acid groups (broad SMARTS) is 1. The van der Waals surface area contributed by atoms with E-state index in [0.29, 0.717) is 18.7 Å². The molecule has 0 saturated carbocycles. The van der Waals surface area contributed by atoms with Crippen molar-refractivity contribution in [3.8, 4) is 0 Å². The van der Waals surface area contributed by atoms with Gasteiger partial charge in [-0.15, -0.1) is 0 Å². The van der Waals surface area contributed by atoms with Crippen LogP contribution in [0.2, 0.25) is 5.02 Å².